The van der Waals surface area contributed by atoms with Gasteiger partial charge in [0.05, 0.1) is 23.6 Å². The molecule has 4 rings (SSSR count). The molecule has 0 fully saturated rings. The number of aryl methyl sites for hydroxylation is 1. The maximum atomic E-state index is 13.4. The van der Waals surface area contributed by atoms with Crippen LogP contribution in [-0.4, -0.2) is 21.0 Å². The second kappa shape index (κ2) is 6.68. The molecule has 0 saturated carbocycles. The lowest BCUT2D eigenvalue weighted by Crippen LogP contribution is -1.99. The van der Waals surface area contributed by atoms with Crippen LogP contribution in [0.25, 0.3) is 33.3 Å². The highest BCUT2D eigenvalue weighted by Crippen LogP contribution is 2.34. The molecule has 0 atom stereocenters. The van der Waals surface area contributed by atoms with Crippen molar-refractivity contribution in [3.8, 4) is 22.4 Å². The Labute approximate surface area is 155 Å². The second-order valence-electron chi connectivity index (χ2n) is 6.46. The third-order valence-electron chi connectivity index (χ3n) is 4.47. The van der Waals surface area contributed by atoms with Gasteiger partial charge in [-0.15, -0.1) is 0 Å². The zero-order chi connectivity index (χ0) is 19.0. The molecule has 0 spiro atoms. The first-order valence-corrected chi connectivity index (χ1v) is 8.52. The zero-order valence-corrected chi connectivity index (χ0v) is 14.9. The number of hydrogen-bond acceptors (Lipinski definition) is 4. The average Bonchev–Trinajstić information content (AvgIpc) is 2.67. The number of rotatable bonds is 3. The summed E-state index contributed by atoms with van der Waals surface area (Å²) in [6, 6.07) is 13.8. The Balaban J connectivity index is 2.09. The molecular formula is C22H16FN3O. The van der Waals surface area contributed by atoms with Crippen LogP contribution in [0.3, 0.4) is 0 Å². The van der Waals surface area contributed by atoms with Gasteiger partial charge in [0.25, 0.3) is 0 Å². The fraction of sp³-hybridized carbons (Fsp3) is 0.0909. The molecule has 0 saturated heterocycles. The summed E-state index contributed by atoms with van der Waals surface area (Å²) in [5.41, 5.74) is 5.46. The van der Waals surface area contributed by atoms with Crippen LogP contribution in [0.4, 0.5) is 4.39 Å². The van der Waals surface area contributed by atoms with Crippen molar-refractivity contribution in [2.75, 3.05) is 0 Å². The summed E-state index contributed by atoms with van der Waals surface area (Å²) in [7, 11) is 0. The standard InChI is InChI=1S/C22H16FN3O/c1-13-9-18(14(2)27)20-11-19(15-3-5-17(23)6-4-15)22(26-21(20)10-13)16-7-8-24-25-12-16/h3-12H,1-2H3. The fourth-order valence-electron chi connectivity index (χ4n) is 3.21. The number of aromatic nitrogens is 3. The van der Waals surface area contributed by atoms with Gasteiger partial charge in [0, 0.05) is 22.1 Å². The molecule has 2 heterocycles. The number of fused-ring (bicyclic) bond motifs is 1. The number of carbonyl (C=O) groups is 1. The predicted molar refractivity (Wildman–Crippen MR) is 103 cm³/mol. The third-order valence-corrected chi connectivity index (χ3v) is 4.47. The van der Waals surface area contributed by atoms with Crippen molar-refractivity contribution in [3.63, 3.8) is 0 Å². The molecule has 4 nitrogen and oxygen atoms in total. The molecule has 0 N–H and O–H groups in total. The van der Waals surface area contributed by atoms with Gasteiger partial charge >= 0.3 is 0 Å². The van der Waals surface area contributed by atoms with E-state index in [1.807, 2.05) is 31.2 Å². The molecule has 0 unspecified atom stereocenters. The van der Waals surface area contributed by atoms with Crippen LogP contribution >= 0.6 is 0 Å². The van der Waals surface area contributed by atoms with Crippen LogP contribution in [0, 0.1) is 12.7 Å². The van der Waals surface area contributed by atoms with Crippen molar-refractivity contribution in [3.05, 3.63) is 77.9 Å². The minimum atomic E-state index is -0.306. The Bertz CT molecular complexity index is 1160. The predicted octanol–water partition coefficient (Wildman–Crippen LogP) is 5.01. The van der Waals surface area contributed by atoms with Gasteiger partial charge in [0.2, 0.25) is 0 Å². The van der Waals surface area contributed by atoms with Gasteiger partial charge in [0.15, 0.2) is 5.78 Å². The molecule has 0 aliphatic carbocycles. The zero-order valence-electron chi connectivity index (χ0n) is 14.9. The minimum absolute atomic E-state index is 0.0196. The lowest BCUT2D eigenvalue weighted by Gasteiger charge is -2.13. The lowest BCUT2D eigenvalue weighted by atomic mass is 9.95. The SMILES string of the molecule is CC(=O)c1cc(C)cc2nc(-c3ccnnc3)c(-c3ccc(F)cc3)cc12. The first kappa shape index (κ1) is 17.0. The number of nitrogens with zero attached hydrogens (tertiary/aromatic N) is 3. The topological polar surface area (TPSA) is 55.7 Å². The van der Waals surface area contributed by atoms with E-state index in [0.29, 0.717) is 11.3 Å². The molecule has 132 valence electrons. The van der Waals surface area contributed by atoms with Gasteiger partial charge in [0.1, 0.15) is 5.82 Å². The molecule has 27 heavy (non-hydrogen) atoms. The maximum absolute atomic E-state index is 13.4. The van der Waals surface area contributed by atoms with E-state index in [4.69, 9.17) is 4.98 Å². The third kappa shape index (κ3) is 3.19. The van der Waals surface area contributed by atoms with Crippen molar-refractivity contribution in [2.45, 2.75) is 13.8 Å². The summed E-state index contributed by atoms with van der Waals surface area (Å²) in [6.07, 6.45) is 3.25. The summed E-state index contributed by atoms with van der Waals surface area (Å²) in [5.74, 6) is -0.325. The van der Waals surface area contributed by atoms with Gasteiger partial charge in [-0.1, -0.05) is 12.1 Å². The molecule has 5 heteroatoms. The van der Waals surface area contributed by atoms with E-state index < -0.39 is 0 Å². The summed E-state index contributed by atoms with van der Waals surface area (Å²) in [6.45, 7) is 3.49. The Morgan fingerprint density at radius 3 is 2.41 bits per heavy atom. The van der Waals surface area contributed by atoms with Crippen molar-refractivity contribution >= 4 is 16.7 Å². The highest BCUT2D eigenvalue weighted by Gasteiger charge is 2.15. The van der Waals surface area contributed by atoms with Crippen molar-refractivity contribution in [2.24, 2.45) is 0 Å². The molecule has 2 aromatic carbocycles. The van der Waals surface area contributed by atoms with Crippen LogP contribution in [-0.2, 0) is 0 Å². The Morgan fingerprint density at radius 1 is 0.963 bits per heavy atom. The Hall–Kier alpha value is -3.47. The van der Waals surface area contributed by atoms with Crippen LogP contribution in [0.5, 0.6) is 0 Å². The van der Waals surface area contributed by atoms with Gasteiger partial charge in [-0.25, -0.2) is 9.37 Å². The monoisotopic (exact) mass is 357 g/mol. The van der Waals surface area contributed by atoms with Gasteiger partial charge in [-0.3, -0.25) is 4.79 Å². The summed E-state index contributed by atoms with van der Waals surface area (Å²) < 4.78 is 13.4. The minimum Gasteiger partial charge on any atom is -0.294 e. The number of carbonyl (C=O) groups excluding carboxylic acids is 1. The summed E-state index contributed by atoms with van der Waals surface area (Å²) in [4.78, 5) is 17.0. The second-order valence-corrected chi connectivity index (χ2v) is 6.46. The largest absolute Gasteiger partial charge is 0.294 e. The van der Waals surface area contributed by atoms with Gasteiger partial charge in [-0.05, 0) is 61.4 Å². The molecule has 0 amide bonds. The van der Waals surface area contributed by atoms with E-state index in [-0.39, 0.29) is 11.6 Å². The van der Waals surface area contributed by atoms with E-state index in [1.54, 1.807) is 31.5 Å². The molecule has 2 aromatic heterocycles. The van der Waals surface area contributed by atoms with E-state index in [0.717, 1.165) is 33.2 Å². The number of ketones is 1. The quantitative estimate of drug-likeness (QED) is 0.484. The summed E-state index contributed by atoms with van der Waals surface area (Å²) in [5, 5.41) is 8.55. The van der Waals surface area contributed by atoms with E-state index in [9.17, 15) is 9.18 Å². The molecular weight excluding hydrogens is 341 g/mol. The highest BCUT2D eigenvalue weighted by molar-refractivity contribution is 6.08. The first-order chi connectivity index (χ1) is 13.0. The number of pyridine rings is 1. The molecule has 4 aromatic rings. The van der Waals surface area contributed by atoms with E-state index >= 15 is 0 Å². The van der Waals surface area contributed by atoms with Crippen molar-refractivity contribution in [1.29, 1.82) is 0 Å². The Morgan fingerprint density at radius 2 is 1.74 bits per heavy atom. The molecule has 0 aliphatic heterocycles. The first-order valence-electron chi connectivity index (χ1n) is 8.52. The van der Waals surface area contributed by atoms with Crippen LogP contribution in [0.2, 0.25) is 0 Å². The van der Waals surface area contributed by atoms with Crippen LogP contribution in [0.15, 0.2) is 60.9 Å². The normalized spacial score (nSPS) is 10.9. The van der Waals surface area contributed by atoms with Crippen LogP contribution < -0.4 is 0 Å². The lowest BCUT2D eigenvalue weighted by molar-refractivity contribution is 0.101. The molecule has 0 radical (unpaired) electrons. The number of benzene rings is 2. The van der Waals surface area contributed by atoms with Crippen LogP contribution in [0.1, 0.15) is 22.8 Å². The van der Waals surface area contributed by atoms with Crippen molar-refractivity contribution in [1.82, 2.24) is 15.2 Å². The highest BCUT2D eigenvalue weighted by atomic mass is 19.1. The average molecular weight is 357 g/mol. The van der Waals surface area contributed by atoms with Gasteiger partial charge < -0.3 is 0 Å². The summed E-state index contributed by atoms with van der Waals surface area (Å²) >= 11 is 0. The Kier molecular flexibility index (Phi) is 4.20. The molecule has 0 aliphatic rings. The van der Waals surface area contributed by atoms with Crippen molar-refractivity contribution < 1.29 is 9.18 Å². The molecule has 0 bridgehead atoms. The smallest absolute Gasteiger partial charge is 0.160 e. The maximum Gasteiger partial charge on any atom is 0.160 e. The van der Waals surface area contributed by atoms with E-state index in [1.165, 1.54) is 12.1 Å². The number of Topliss-reactive ketones (excluding diaryl/α,β-unsaturated/α-hetero) is 1. The number of halogens is 1. The van der Waals surface area contributed by atoms with Gasteiger partial charge in [-0.2, -0.15) is 10.2 Å². The number of hydrogen-bond donors (Lipinski definition) is 0. The van der Waals surface area contributed by atoms with E-state index in [2.05, 4.69) is 10.2 Å². The fourth-order valence-corrected chi connectivity index (χ4v) is 3.21.